The van der Waals surface area contributed by atoms with E-state index < -0.39 is 0 Å². The number of nitrogens with one attached hydrogen (secondary N) is 1. The molecule has 0 atom stereocenters. The maximum absolute atomic E-state index is 7.36. The van der Waals surface area contributed by atoms with Crippen LogP contribution in [0.4, 0.5) is 0 Å². The summed E-state index contributed by atoms with van der Waals surface area (Å²) in [5, 5.41) is 7.36. The highest BCUT2D eigenvalue weighted by molar-refractivity contribution is 5.78. The van der Waals surface area contributed by atoms with E-state index in [1.165, 1.54) is 11.1 Å². The molecule has 0 radical (unpaired) electrons. The zero-order chi connectivity index (χ0) is 12.5. The van der Waals surface area contributed by atoms with E-state index in [1.807, 2.05) is 6.07 Å². The van der Waals surface area contributed by atoms with E-state index in [-0.39, 0.29) is 11.3 Å². The first-order valence-electron chi connectivity index (χ1n) is 6.04. The van der Waals surface area contributed by atoms with Crippen LogP contribution >= 0.6 is 0 Å². The Hall–Kier alpha value is -1.51. The van der Waals surface area contributed by atoms with Gasteiger partial charge in [-0.25, -0.2) is 0 Å². The van der Waals surface area contributed by atoms with E-state index in [4.69, 9.17) is 15.9 Å². The molecule has 17 heavy (non-hydrogen) atoms. The van der Waals surface area contributed by atoms with Gasteiger partial charge in [0.2, 0.25) is 0 Å². The summed E-state index contributed by atoms with van der Waals surface area (Å²) in [5.41, 5.74) is 8.13. The molecule has 3 nitrogen and oxygen atoms in total. The van der Waals surface area contributed by atoms with Crippen molar-refractivity contribution in [2.45, 2.75) is 33.1 Å². The molecule has 1 aliphatic rings. The molecule has 0 amide bonds. The molecule has 1 aromatic rings. The molecule has 0 heterocycles. The lowest BCUT2D eigenvalue weighted by Crippen LogP contribution is -2.21. The van der Waals surface area contributed by atoms with Gasteiger partial charge in [-0.3, -0.25) is 5.41 Å². The summed E-state index contributed by atoms with van der Waals surface area (Å²) in [6, 6.07) is 6.15. The van der Waals surface area contributed by atoms with Crippen molar-refractivity contribution in [3.8, 4) is 5.75 Å². The number of amidine groups is 1. The highest BCUT2D eigenvalue weighted by atomic mass is 16.5. The van der Waals surface area contributed by atoms with E-state index in [2.05, 4.69) is 26.0 Å². The quantitative estimate of drug-likeness (QED) is 0.605. The topological polar surface area (TPSA) is 59.1 Å². The van der Waals surface area contributed by atoms with Crippen LogP contribution in [-0.4, -0.2) is 12.4 Å². The van der Waals surface area contributed by atoms with Gasteiger partial charge in [-0.15, -0.1) is 0 Å². The predicted molar refractivity (Wildman–Crippen MR) is 69.6 cm³/mol. The Labute approximate surface area is 102 Å². The van der Waals surface area contributed by atoms with E-state index in [0.717, 1.165) is 18.6 Å². The van der Waals surface area contributed by atoms with Gasteiger partial charge in [-0.1, -0.05) is 6.07 Å². The van der Waals surface area contributed by atoms with Gasteiger partial charge < -0.3 is 10.5 Å². The maximum Gasteiger partial charge on any atom is 0.119 e. The monoisotopic (exact) mass is 232 g/mol. The van der Waals surface area contributed by atoms with Crippen LogP contribution in [0, 0.1) is 24.7 Å². The normalized spacial score (nSPS) is 16.6. The molecule has 0 saturated heterocycles. The molecule has 1 aliphatic carbocycles. The molecule has 1 saturated carbocycles. The second-order valence-corrected chi connectivity index (χ2v) is 5.24. The minimum Gasteiger partial charge on any atom is -0.493 e. The summed E-state index contributed by atoms with van der Waals surface area (Å²) in [5.74, 6) is 1.19. The van der Waals surface area contributed by atoms with Gasteiger partial charge in [0, 0.05) is 11.8 Å². The molecule has 0 aromatic heterocycles. The Kier molecular flexibility index (Phi) is 3.09. The molecule has 0 bridgehead atoms. The van der Waals surface area contributed by atoms with Crippen LogP contribution < -0.4 is 10.5 Å². The Bertz CT molecular complexity index is 436. The number of hydrogen-bond donors (Lipinski definition) is 2. The number of aryl methyl sites for hydroxylation is 2. The molecular weight excluding hydrogens is 212 g/mol. The predicted octanol–water partition coefficient (Wildman–Crippen LogP) is 2.79. The van der Waals surface area contributed by atoms with Gasteiger partial charge in [-0.2, -0.15) is 0 Å². The maximum atomic E-state index is 7.36. The lowest BCUT2D eigenvalue weighted by Gasteiger charge is -2.16. The summed E-state index contributed by atoms with van der Waals surface area (Å²) in [6.45, 7) is 4.86. The van der Waals surface area contributed by atoms with Crippen molar-refractivity contribution in [2.24, 2.45) is 11.1 Å². The van der Waals surface area contributed by atoms with Gasteiger partial charge in [0.05, 0.1) is 12.4 Å². The summed E-state index contributed by atoms with van der Waals surface area (Å²) in [4.78, 5) is 0. The fourth-order valence-electron chi connectivity index (χ4n) is 1.99. The smallest absolute Gasteiger partial charge is 0.119 e. The molecule has 3 heteroatoms. The molecule has 1 fully saturated rings. The van der Waals surface area contributed by atoms with Gasteiger partial charge in [0.25, 0.3) is 0 Å². The van der Waals surface area contributed by atoms with E-state index in [0.29, 0.717) is 13.0 Å². The van der Waals surface area contributed by atoms with E-state index >= 15 is 0 Å². The summed E-state index contributed by atoms with van der Waals surface area (Å²) >= 11 is 0. The average Bonchev–Trinajstić information content (AvgIpc) is 2.99. The molecule has 92 valence electrons. The molecule has 0 unspecified atom stereocenters. The zero-order valence-corrected chi connectivity index (χ0v) is 10.5. The van der Waals surface area contributed by atoms with Crippen LogP contribution in [0.1, 0.15) is 30.4 Å². The molecule has 2 rings (SSSR count). The zero-order valence-electron chi connectivity index (χ0n) is 10.5. The number of ether oxygens (including phenoxy) is 1. The third kappa shape index (κ3) is 2.99. The summed E-state index contributed by atoms with van der Waals surface area (Å²) in [7, 11) is 0. The van der Waals surface area contributed by atoms with Crippen molar-refractivity contribution in [2.75, 3.05) is 6.61 Å². The molecule has 1 aromatic carbocycles. The molecular formula is C14H20N2O. The Morgan fingerprint density at radius 3 is 2.59 bits per heavy atom. The standard InChI is InChI=1S/C14H20N2O/c1-10-3-4-12(7-11(10)2)17-9-14(5-6-14)8-13(15)16/h3-4,7H,5-6,8-9H2,1-2H3,(H3,15,16). The number of hydrogen-bond acceptors (Lipinski definition) is 2. The third-order valence-corrected chi connectivity index (χ3v) is 3.55. The minimum atomic E-state index is 0.143. The first kappa shape index (κ1) is 12.0. The lowest BCUT2D eigenvalue weighted by molar-refractivity contribution is 0.238. The van der Waals surface area contributed by atoms with Crippen LogP contribution in [0.3, 0.4) is 0 Å². The third-order valence-electron chi connectivity index (χ3n) is 3.55. The van der Waals surface area contributed by atoms with Crippen molar-refractivity contribution in [1.29, 1.82) is 5.41 Å². The van der Waals surface area contributed by atoms with Crippen LogP contribution in [0.5, 0.6) is 5.75 Å². The average molecular weight is 232 g/mol. The SMILES string of the molecule is Cc1ccc(OCC2(CC(=N)N)CC2)cc1C. The van der Waals surface area contributed by atoms with Crippen molar-refractivity contribution >= 4 is 5.84 Å². The fourth-order valence-corrected chi connectivity index (χ4v) is 1.99. The molecule has 0 aliphatic heterocycles. The largest absolute Gasteiger partial charge is 0.493 e. The van der Waals surface area contributed by atoms with Gasteiger partial charge >= 0.3 is 0 Å². The van der Waals surface area contributed by atoms with Crippen molar-refractivity contribution in [3.05, 3.63) is 29.3 Å². The first-order valence-corrected chi connectivity index (χ1v) is 6.04. The van der Waals surface area contributed by atoms with Gasteiger partial charge in [0.15, 0.2) is 0 Å². The van der Waals surface area contributed by atoms with Crippen LogP contribution in [-0.2, 0) is 0 Å². The van der Waals surface area contributed by atoms with Crippen molar-refractivity contribution in [3.63, 3.8) is 0 Å². The van der Waals surface area contributed by atoms with Crippen LogP contribution in [0.25, 0.3) is 0 Å². The van der Waals surface area contributed by atoms with Crippen molar-refractivity contribution < 1.29 is 4.74 Å². The second kappa shape index (κ2) is 4.40. The highest BCUT2D eigenvalue weighted by Gasteiger charge is 2.43. The molecule has 0 spiro atoms. The summed E-state index contributed by atoms with van der Waals surface area (Å²) in [6.07, 6.45) is 2.91. The number of benzene rings is 1. The number of rotatable bonds is 5. The number of nitrogens with two attached hydrogens (primary N) is 1. The van der Waals surface area contributed by atoms with Crippen molar-refractivity contribution in [1.82, 2.24) is 0 Å². The Morgan fingerprint density at radius 1 is 1.35 bits per heavy atom. The Morgan fingerprint density at radius 2 is 2.06 bits per heavy atom. The minimum absolute atomic E-state index is 0.143. The van der Waals surface area contributed by atoms with Crippen LogP contribution in [0.2, 0.25) is 0 Å². The Balaban J connectivity index is 1.94. The van der Waals surface area contributed by atoms with Crippen LogP contribution in [0.15, 0.2) is 18.2 Å². The van der Waals surface area contributed by atoms with Gasteiger partial charge in [-0.05, 0) is 49.9 Å². The second-order valence-electron chi connectivity index (χ2n) is 5.24. The lowest BCUT2D eigenvalue weighted by atomic mass is 10.0. The fraction of sp³-hybridized carbons (Fsp3) is 0.500. The van der Waals surface area contributed by atoms with E-state index in [1.54, 1.807) is 0 Å². The highest BCUT2D eigenvalue weighted by Crippen LogP contribution is 2.48. The molecule has 3 N–H and O–H groups in total. The first-order chi connectivity index (χ1) is 8.01. The van der Waals surface area contributed by atoms with Gasteiger partial charge in [0.1, 0.15) is 5.75 Å². The summed E-state index contributed by atoms with van der Waals surface area (Å²) < 4.78 is 5.82. The van der Waals surface area contributed by atoms with E-state index in [9.17, 15) is 0 Å².